The van der Waals surface area contributed by atoms with Gasteiger partial charge in [-0.1, -0.05) is 11.6 Å². The molecule has 5 heteroatoms. The number of pyridine rings is 1. The number of thiophene rings is 1. The number of carbonyl (C=O) groups excluding carboxylic acids is 1. The van der Waals surface area contributed by atoms with Crippen molar-refractivity contribution in [3.63, 3.8) is 0 Å². The van der Waals surface area contributed by atoms with E-state index in [1.807, 2.05) is 11.4 Å². The van der Waals surface area contributed by atoms with Gasteiger partial charge < -0.3 is 0 Å². The van der Waals surface area contributed by atoms with Crippen LogP contribution in [0.5, 0.6) is 0 Å². The van der Waals surface area contributed by atoms with Gasteiger partial charge in [0, 0.05) is 29.8 Å². The average molecular weight is 364 g/mol. The third kappa shape index (κ3) is 2.81. The van der Waals surface area contributed by atoms with Gasteiger partial charge in [0.1, 0.15) is 0 Å². The Morgan fingerprint density at radius 1 is 1.56 bits per heavy atom. The predicted molar refractivity (Wildman–Crippen MR) is 74.3 cm³/mol. The maximum Gasteiger partial charge on any atom is 0.168 e. The van der Waals surface area contributed by atoms with Gasteiger partial charge in [0.15, 0.2) is 5.78 Å². The molecular formula is C11H7ClINOS. The molecule has 0 atom stereocenters. The fourth-order valence-corrected chi connectivity index (χ4v) is 2.82. The molecule has 0 unspecified atom stereocenters. The monoisotopic (exact) mass is 363 g/mol. The summed E-state index contributed by atoms with van der Waals surface area (Å²) in [4.78, 5) is 15.8. The molecule has 0 radical (unpaired) electrons. The van der Waals surface area contributed by atoms with Crippen molar-refractivity contribution in [1.82, 2.24) is 4.98 Å². The first-order valence-electron chi connectivity index (χ1n) is 4.52. The molecule has 0 aliphatic heterocycles. The first-order valence-corrected chi connectivity index (χ1v) is 6.86. The van der Waals surface area contributed by atoms with E-state index < -0.39 is 0 Å². The van der Waals surface area contributed by atoms with Crippen molar-refractivity contribution in [3.8, 4) is 0 Å². The molecule has 0 bridgehead atoms. The van der Waals surface area contributed by atoms with Crippen molar-refractivity contribution in [2.75, 3.05) is 0 Å². The highest BCUT2D eigenvalue weighted by atomic mass is 127. The summed E-state index contributed by atoms with van der Waals surface area (Å²) >= 11 is 9.72. The van der Waals surface area contributed by atoms with Gasteiger partial charge in [0.25, 0.3) is 0 Å². The van der Waals surface area contributed by atoms with Crippen LogP contribution < -0.4 is 0 Å². The van der Waals surface area contributed by atoms with Crippen LogP contribution >= 0.6 is 45.5 Å². The van der Waals surface area contributed by atoms with Crippen LogP contribution in [0.2, 0.25) is 5.02 Å². The Hall–Kier alpha value is -0.460. The Labute approximate surface area is 116 Å². The van der Waals surface area contributed by atoms with Crippen molar-refractivity contribution in [2.24, 2.45) is 0 Å². The predicted octanol–water partition coefficient (Wildman–Crippen LogP) is 3.83. The molecule has 0 amide bonds. The highest BCUT2D eigenvalue weighted by Gasteiger charge is 2.10. The van der Waals surface area contributed by atoms with E-state index in [2.05, 4.69) is 27.6 Å². The summed E-state index contributed by atoms with van der Waals surface area (Å²) in [7, 11) is 0. The van der Waals surface area contributed by atoms with Gasteiger partial charge in [0.05, 0.1) is 7.91 Å². The molecule has 0 aliphatic rings. The first-order chi connectivity index (χ1) is 7.66. The second-order valence-corrected chi connectivity index (χ2v) is 6.42. The molecule has 0 spiro atoms. The minimum Gasteiger partial charge on any atom is -0.294 e. The van der Waals surface area contributed by atoms with Crippen LogP contribution in [0.25, 0.3) is 0 Å². The Morgan fingerprint density at radius 3 is 3.00 bits per heavy atom. The number of rotatable bonds is 3. The minimum absolute atomic E-state index is 0.0901. The van der Waals surface area contributed by atoms with Crippen LogP contribution in [-0.2, 0) is 6.42 Å². The highest BCUT2D eigenvalue weighted by molar-refractivity contribution is 14.1. The Morgan fingerprint density at radius 2 is 2.38 bits per heavy atom. The van der Waals surface area contributed by atoms with Gasteiger partial charge in [0.2, 0.25) is 0 Å². The van der Waals surface area contributed by atoms with E-state index >= 15 is 0 Å². The number of Topliss-reactive ketones (excluding diaryl/α,β-unsaturated/α-hetero) is 1. The first kappa shape index (κ1) is 12.0. The molecule has 2 aromatic rings. The average Bonchev–Trinajstić information content (AvgIpc) is 2.68. The summed E-state index contributed by atoms with van der Waals surface area (Å²) in [6.07, 6.45) is 3.53. The summed E-state index contributed by atoms with van der Waals surface area (Å²) in [6, 6.07) is 3.67. The van der Waals surface area contributed by atoms with Crippen molar-refractivity contribution in [2.45, 2.75) is 6.42 Å². The van der Waals surface area contributed by atoms with Crippen molar-refractivity contribution < 1.29 is 4.79 Å². The Kier molecular flexibility index (Phi) is 3.94. The molecule has 0 N–H and O–H groups in total. The van der Waals surface area contributed by atoms with E-state index in [-0.39, 0.29) is 5.78 Å². The van der Waals surface area contributed by atoms with Crippen molar-refractivity contribution >= 4 is 51.3 Å². The molecule has 16 heavy (non-hydrogen) atoms. The summed E-state index contributed by atoms with van der Waals surface area (Å²) in [5.74, 6) is 0.0901. The van der Waals surface area contributed by atoms with E-state index in [1.54, 1.807) is 29.8 Å². The van der Waals surface area contributed by atoms with Crippen LogP contribution in [0.15, 0.2) is 29.9 Å². The quantitative estimate of drug-likeness (QED) is 0.613. The third-order valence-corrected chi connectivity index (χ3v) is 4.23. The highest BCUT2D eigenvalue weighted by Crippen LogP contribution is 2.20. The number of hydrogen-bond acceptors (Lipinski definition) is 3. The lowest BCUT2D eigenvalue weighted by atomic mass is 10.1. The van der Waals surface area contributed by atoms with E-state index in [0.717, 1.165) is 14.0 Å². The van der Waals surface area contributed by atoms with E-state index in [0.29, 0.717) is 11.4 Å². The van der Waals surface area contributed by atoms with Crippen LogP contribution in [-0.4, -0.2) is 10.8 Å². The number of nitrogens with zero attached hydrogens (tertiary/aromatic N) is 1. The summed E-state index contributed by atoms with van der Waals surface area (Å²) in [6.45, 7) is 0. The summed E-state index contributed by atoms with van der Waals surface area (Å²) < 4.78 is 1.11. The number of halogens is 2. The van der Waals surface area contributed by atoms with Gasteiger partial charge in [-0.15, -0.1) is 11.3 Å². The molecule has 2 heterocycles. The molecule has 2 rings (SSSR count). The van der Waals surface area contributed by atoms with Crippen LogP contribution in [0.1, 0.15) is 15.9 Å². The standard InChI is InChI=1S/C11H7ClINOS/c12-9-5-14-2-1-7(9)3-10(15)8-4-11(13)16-6-8/h1-2,4-6H,3H2. The fourth-order valence-electron chi connectivity index (χ4n) is 1.28. The molecule has 0 saturated heterocycles. The second-order valence-electron chi connectivity index (χ2n) is 3.21. The van der Waals surface area contributed by atoms with Gasteiger partial charge >= 0.3 is 0 Å². The van der Waals surface area contributed by atoms with Crippen LogP contribution in [0.4, 0.5) is 0 Å². The number of ketones is 1. The van der Waals surface area contributed by atoms with Gasteiger partial charge in [-0.25, -0.2) is 0 Å². The van der Waals surface area contributed by atoms with E-state index in [4.69, 9.17) is 11.6 Å². The smallest absolute Gasteiger partial charge is 0.168 e. The zero-order valence-corrected chi connectivity index (χ0v) is 11.8. The molecule has 2 nitrogen and oxygen atoms in total. The largest absolute Gasteiger partial charge is 0.294 e. The molecule has 2 aromatic heterocycles. The molecule has 0 saturated carbocycles. The van der Waals surface area contributed by atoms with Crippen molar-refractivity contribution in [1.29, 1.82) is 0 Å². The number of aromatic nitrogens is 1. The lowest BCUT2D eigenvalue weighted by Crippen LogP contribution is -2.02. The maximum absolute atomic E-state index is 11.9. The van der Waals surface area contributed by atoms with Gasteiger partial charge in [-0.05, 0) is 40.3 Å². The normalized spacial score (nSPS) is 10.4. The summed E-state index contributed by atoms with van der Waals surface area (Å²) in [5.41, 5.74) is 1.57. The van der Waals surface area contributed by atoms with Crippen LogP contribution in [0, 0.1) is 2.88 Å². The Balaban J connectivity index is 2.17. The number of hydrogen-bond donors (Lipinski definition) is 0. The zero-order valence-electron chi connectivity index (χ0n) is 8.11. The molecule has 82 valence electrons. The van der Waals surface area contributed by atoms with Gasteiger partial charge in [-0.2, -0.15) is 0 Å². The lowest BCUT2D eigenvalue weighted by molar-refractivity contribution is 0.0993. The van der Waals surface area contributed by atoms with Crippen molar-refractivity contribution in [3.05, 3.63) is 48.9 Å². The number of carbonyl (C=O) groups is 1. The van der Waals surface area contributed by atoms with E-state index in [9.17, 15) is 4.79 Å². The SMILES string of the molecule is O=C(Cc1ccncc1Cl)c1csc(I)c1. The minimum atomic E-state index is 0.0901. The second kappa shape index (κ2) is 5.25. The van der Waals surface area contributed by atoms with E-state index in [1.165, 1.54) is 0 Å². The molecular weight excluding hydrogens is 357 g/mol. The Bertz CT molecular complexity index is 526. The topological polar surface area (TPSA) is 30.0 Å². The van der Waals surface area contributed by atoms with Crippen LogP contribution in [0.3, 0.4) is 0 Å². The maximum atomic E-state index is 11.9. The third-order valence-electron chi connectivity index (χ3n) is 2.10. The zero-order chi connectivity index (χ0) is 11.5. The molecule has 0 fully saturated rings. The lowest BCUT2D eigenvalue weighted by Gasteiger charge is -2.01. The summed E-state index contributed by atoms with van der Waals surface area (Å²) in [5, 5.41) is 2.42. The fraction of sp³-hybridized carbons (Fsp3) is 0.0909. The molecule has 0 aliphatic carbocycles. The molecule has 0 aromatic carbocycles. The van der Waals surface area contributed by atoms with Gasteiger partial charge in [-0.3, -0.25) is 9.78 Å².